The Morgan fingerprint density at radius 3 is 2.83 bits per heavy atom. The molecule has 1 fully saturated rings. The van der Waals surface area contributed by atoms with E-state index in [4.69, 9.17) is 10.9 Å². The summed E-state index contributed by atoms with van der Waals surface area (Å²) in [5, 5.41) is 8.92. The molecule has 4 N–H and O–H groups in total. The molecule has 0 aromatic carbocycles. The summed E-state index contributed by atoms with van der Waals surface area (Å²) >= 11 is 0. The van der Waals surface area contributed by atoms with Gasteiger partial charge in [-0.15, -0.1) is 0 Å². The summed E-state index contributed by atoms with van der Waals surface area (Å²) in [5.41, 5.74) is 2.60. The Morgan fingerprint density at radius 1 is 1.50 bits per heavy atom. The van der Waals surface area contributed by atoms with Crippen molar-refractivity contribution >= 4 is 11.6 Å². The lowest BCUT2D eigenvalue weighted by Gasteiger charge is -2.22. The van der Waals surface area contributed by atoms with E-state index in [2.05, 4.69) is 27.2 Å². The molecule has 0 bridgehead atoms. The van der Waals surface area contributed by atoms with Crippen LogP contribution in [0.3, 0.4) is 0 Å². The molecule has 1 heterocycles. The first-order chi connectivity index (χ1) is 8.78. The van der Waals surface area contributed by atoms with E-state index in [1.165, 1.54) is 0 Å². The number of aliphatic hydroxyl groups is 1. The molecule has 1 aromatic rings. The van der Waals surface area contributed by atoms with Crippen molar-refractivity contribution in [3.8, 4) is 0 Å². The molecule has 0 radical (unpaired) electrons. The Kier molecular flexibility index (Phi) is 4.33. The summed E-state index contributed by atoms with van der Waals surface area (Å²) in [6.07, 6.45) is 3.06. The van der Waals surface area contributed by atoms with E-state index < -0.39 is 0 Å². The summed E-state index contributed by atoms with van der Waals surface area (Å²) in [4.78, 5) is 11.1. The third kappa shape index (κ3) is 3.08. The summed E-state index contributed by atoms with van der Waals surface area (Å²) in [7, 11) is 0. The molecule has 100 valence electrons. The van der Waals surface area contributed by atoms with Gasteiger partial charge in [-0.2, -0.15) is 0 Å². The van der Waals surface area contributed by atoms with Crippen LogP contribution in [0.2, 0.25) is 0 Å². The molecule has 0 atom stereocenters. The first kappa shape index (κ1) is 13.0. The molecule has 18 heavy (non-hydrogen) atoms. The molecule has 0 amide bonds. The summed E-state index contributed by atoms with van der Waals surface area (Å²) in [6.45, 7) is 3.91. The van der Waals surface area contributed by atoms with Crippen LogP contribution in [0.15, 0.2) is 6.07 Å². The number of nitrogens with zero attached hydrogens (tertiary/aromatic N) is 3. The molecule has 0 aliphatic heterocycles. The zero-order valence-electron chi connectivity index (χ0n) is 10.8. The molecule has 0 saturated heterocycles. The van der Waals surface area contributed by atoms with Gasteiger partial charge in [-0.05, 0) is 26.2 Å². The van der Waals surface area contributed by atoms with Crippen molar-refractivity contribution in [1.29, 1.82) is 0 Å². The smallest absolute Gasteiger partial charge is 0.145 e. The van der Waals surface area contributed by atoms with Crippen molar-refractivity contribution in [2.45, 2.75) is 32.1 Å². The monoisotopic (exact) mass is 251 g/mol. The molecule has 2 rings (SSSR count). The number of nitrogens with one attached hydrogen (secondary N) is 1. The van der Waals surface area contributed by atoms with Crippen molar-refractivity contribution in [1.82, 2.24) is 9.97 Å². The third-order valence-electron chi connectivity index (χ3n) is 3.11. The summed E-state index contributed by atoms with van der Waals surface area (Å²) in [5.74, 6) is 8.36. The van der Waals surface area contributed by atoms with Crippen molar-refractivity contribution < 1.29 is 5.11 Å². The van der Waals surface area contributed by atoms with Crippen LogP contribution in [0.5, 0.6) is 0 Å². The lowest BCUT2D eigenvalue weighted by Crippen LogP contribution is -2.26. The fourth-order valence-electron chi connectivity index (χ4n) is 1.91. The quantitative estimate of drug-likeness (QED) is 0.492. The van der Waals surface area contributed by atoms with Crippen LogP contribution < -0.4 is 16.2 Å². The Morgan fingerprint density at radius 2 is 2.28 bits per heavy atom. The molecule has 1 saturated carbocycles. The Labute approximate surface area is 107 Å². The van der Waals surface area contributed by atoms with Gasteiger partial charge in [-0.1, -0.05) is 0 Å². The average Bonchev–Trinajstić information content (AvgIpc) is 3.23. The van der Waals surface area contributed by atoms with Gasteiger partial charge in [0.25, 0.3) is 0 Å². The second kappa shape index (κ2) is 5.97. The second-order valence-electron chi connectivity index (χ2n) is 4.55. The molecule has 6 nitrogen and oxygen atoms in total. The number of rotatable bonds is 7. The van der Waals surface area contributed by atoms with E-state index in [0.29, 0.717) is 11.7 Å². The van der Waals surface area contributed by atoms with Crippen LogP contribution in [0.25, 0.3) is 0 Å². The number of nitrogen functional groups attached to an aromatic ring is 1. The first-order valence-corrected chi connectivity index (χ1v) is 6.50. The number of hydrazine groups is 1. The van der Waals surface area contributed by atoms with Crippen molar-refractivity contribution in [2.75, 3.05) is 30.0 Å². The lowest BCUT2D eigenvalue weighted by molar-refractivity contribution is 0.289. The van der Waals surface area contributed by atoms with Crippen LogP contribution in [-0.2, 0) is 0 Å². The van der Waals surface area contributed by atoms with Crippen molar-refractivity contribution in [3.63, 3.8) is 0 Å². The highest BCUT2D eigenvalue weighted by molar-refractivity contribution is 5.49. The Balaban J connectivity index is 2.20. The first-order valence-electron chi connectivity index (χ1n) is 6.50. The third-order valence-corrected chi connectivity index (χ3v) is 3.11. The van der Waals surface area contributed by atoms with Crippen molar-refractivity contribution in [2.24, 2.45) is 5.84 Å². The SMILES string of the molecule is CCN(CCCO)c1cc(NN)nc(C2CC2)n1. The van der Waals surface area contributed by atoms with E-state index in [1.807, 2.05) is 6.07 Å². The zero-order valence-corrected chi connectivity index (χ0v) is 10.8. The highest BCUT2D eigenvalue weighted by atomic mass is 16.3. The van der Waals surface area contributed by atoms with Crippen LogP contribution in [-0.4, -0.2) is 34.8 Å². The average molecular weight is 251 g/mol. The number of hydrogen-bond donors (Lipinski definition) is 3. The molecule has 0 unspecified atom stereocenters. The van der Waals surface area contributed by atoms with Crippen LogP contribution >= 0.6 is 0 Å². The maximum Gasteiger partial charge on any atom is 0.145 e. The molecular formula is C12H21N5O. The van der Waals surface area contributed by atoms with Crippen LogP contribution in [0.4, 0.5) is 11.6 Å². The van der Waals surface area contributed by atoms with E-state index in [-0.39, 0.29) is 6.61 Å². The molecule has 1 aromatic heterocycles. The Bertz CT molecular complexity index is 394. The minimum Gasteiger partial charge on any atom is -0.396 e. The topological polar surface area (TPSA) is 87.3 Å². The molecule has 1 aliphatic carbocycles. The minimum absolute atomic E-state index is 0.194. The fraction of sp³-hybridized carbons (Fsp3) is 0.667. The highest BCUT2D eigenvalue weighted by Crippen LogP contribution is 2.39. The van der Waals surface area contributed by atoms with E-state index in [1.54, 1.807) is 0 Å². The maximum atomic E-state index is 8.92. The van der Waals surface area contributed by atoms with Crippen LogP contribution in [0.1, 0.15) is 37.9 Å². The molecule has 1 aliphatic rings. The van der Waals surface area contributed by atoms with E-state index >= 15 is 0 Å². The highest BCUT2D eigenvalue weighted by Gasteiger charge is 2.27. The van der Waals surface area contributed by atoms with Gasteiger partial charge >= 0.3 is 0 Å². The predicted octanol–water partition coefficient (Wildman–Crippen LogP) is 0.848. The van der Waals surface area contributed by atoms with Gasteiger partial charge in [0.15, 0.2) is 0 Å². The number of anilines is 2. The Hall–Kier alpha value is -1.40. The standard InChI is InChI=1S/C12H21N5O/c1-2-17(6-3-7-18)11-8-10(16-13)14-12(15-11)9-4-5-9/h8-9,18H,2-7,13H2,1H3,(H,14,15,16). The molecular weight excluding hydrogens is 230 g/mol. The molecule has 6 heteroatoms. The van der Waals surface area contributed by atoms with Gasteiger partial charge < -0.3 is 15.4 Å². The number of aliphatic hydroxyl groups excluding tert-OH is 1. The van der Waals surface area contributed by atoms with Crippen LogP contribution in [0, 0.1) is 0 Å². The molecule has 0 spiro atoms. The number of nitrogens with two attached hydrogens (primary N) is 1. The zero-order chi connectivity index (χ0) is 13.0. The van der Waals surface area contributed by atoms with Gasteiger partial charge in [0.2, 0.25) is 0 Å². The predicted molar refractivity (Wildman–Crippen MR) is 71.4 cm³/mol. The van der Waals surface area contributed by atoms with Gasteiger partial charge in [-0.3, -0.25) is 0 Å². The van der Waals surface area contributed by atoms with Gasteiger partial charge in [-0.25, -0.2) is 15.8 Å². The second-order valence-corrected chi connectivity index (χ2v) is 4.55. The maximum absolute atomic E-state index is 8.92. The summed E-state index contributed by atoms with van der Waals surface area (Å²) in [6, 6.07) is 1.85. The summed E-state index contributed by atoms with van der Waals surface area (Å²) < 4.78 is 0. The van der Waals surface area contributed by atoms with Gasteiger partial charge in [0, 0.05) is 31.7 Å². The number of aromatic nitrogens is 2. The van der Waals surface area contributed by atoms with E-state index in [9.17, 15) is 0 Å². The van der Waals surface area contributed by atoms with Crippen molar-refractivity contribution in [3.05, 3.63) is 11.9 Å². The van der Waals surface area contributed by atoms with Gasteiger partial charge in [0.05, 0.1) is 0 Å². The van der Waals surface area contributed by atoms with Gasteiger partial charge in [0.1, 0.15) is 17.5 Å². The minimum atomic E-state index is 0.194. The number of hydrogen-bond acceptors (Lipinski definition) is 6. The van der Waals surface area contributed by atoms with E-state index in [0.717, 1.165) is 44.0 Å². The largest absolute Gasteiger partial charge is 0.396 e. The fourth-order valence-corrected chi connectivity index (χ4v) is 1.91. The lowest BCUT2D eigenvalue weighted by atomic mass is 10.3. The normalized spacial score (nSPS) is 14.6.